The lowest BCUT2D eigenvalue weighted by molar-refractivity contribution is -0.132. The van der Waals surface area contributed by atoms with E-state index < -0.39 is 0 Å². The van der Waals surface area contributed by atoms with Gasteiger partial charge in [-0.25, -0.2) is 0 Å². The van der Waals surface area contributed by atoms with E-state index in [1.807, 2.05) is 29.2 Å². The van der Waals surface area contributed by atoms with Crippen LogP contribution in [0.4, 0.5) is 5.82 Å². The maximum atomic E-state index is 12.2. The molecule has 2 heterocycles. The minimum atomic E-state index is 0.277. The number of amides is 1. The van der Waals surface area contributed by atoms with Crippen molar-refractivity contribution in [2.45, 2.75) is 12.8 Å². The Balaban J connectivity index is 1.48. The second-order valence-corrected chi connectivity index (χ2v) is 7.28. The SMILES string of the molecule is COc1cc(-c2ccc(N3CCN(C(=O)C4CC4)CC3)nn2)cc(OC)c1OC. The molecular formula is C21H26N4O4. The molecule has 4 rings (SSSR count). The Morgan fingerprint density at radius 1 is 0.931 bits per heavy atom. The molecule has 1 aliphatic heterocycles. The molecule has 0 N–H and O–H groups in total. The standard InChI is InChI=1S/C21H26N4O4/c1-27-17-12-15(13-18(28-2)20(17)29-3)16-6-7-19(23-22-16)24-8-10-25(11-9-24)21(26)14-4-5-14/h6-7,12-14H,4-5,8-11H2,1-3H3. The maximum absolute atomic E-state index is 12.2. The number of carbonyl (C=O) groups excluding carboxylic acids is 1. The zero-order chi connectivity index (χ0) is 20.4. The van der Waals surface area contributed by atoms with Gasteiger partial charge in [-0.3, -0.25) is 4.79 Å². The van der Waals surface area contributed by atoms with Crippen LogP contribution in [0.5, 0.6) is 17.2 Å². The smallest absolute Gasteiger partial charge is 0.225 e. The van der Waals surface area contributed by atoms with Gasteiger partial charge >= 0.3 is 0 Å². The molecule has 154 valence electrons. The fraction of sp³-hybridized carbons (Fsp3) is 0.476. The van der Waals surface area contributed by atoms with Gasteiger partial charge in [-0.2, -0.15) is 0 Å². The average Bonchev–Trinajstić information content (AvgIpc) is 3.63. The third-order valence-corrected chi connectivity index (χ3v) is 5.45. The summed E-state index contributed by atoms with van der Waals surface area (Å²) in [6.07, 6.45) is 2.10. The minimum Gasteiger partial charge on any atom is -0.493 e. The van der Waals surface area contributed by atoms with Crippen LogP contribution >= 0.6 is 0 Å². The maximum Gasteiger partial charge on any atom is 0.225 e. The highest BCUT2D eigenvalue weighted by Gasteiger charge is 2.34. The van der Waals surface area contributed by atoms with Gasteiger partial charge in [0.15, 0.2) is 17.3 Å². The number of piperazine rings is 1. The molecule has 0 radical (unpaired) electrons. The fourth-order valence-corrected chi connectivity index (χ4v) is 3.62. The lowest BCUT2D eigenvalue weighted by Crippen LogP contribution is -2.49. The number of carbonyl (C=O) groups is 1. The molecule has 2 aromatic rings. The van der Waals surface area contributed by atoms with E-state index in [0.29, 0.717) is 23.2 Å². The van der Waals surface area contributed by atoms with Crippen molar-refractivity contribution in [1.82, 2.24) is 15.1 Å². The summed E-state index contributed by atoms with van der Waals surface area (Å²) in [4.78, 5) is 16.4. The molecule has 1 aromatic carbocycles. The molecule has 0 atom stereocenters. The van der Waals surface area contributed by atoms with Crippen molar-refractivity contribution in [3.8, 4) is 28.5 Å². The summed E-state index contributed by atoms with van der Waals surface area (Å²) in [5.74, 6) is 3.10. The number of benzene rings is 1. The summed E-state index contributed by atoms with van der Waals surface area (Å²) in [7, 11) is 4.75. The molecule has 1 aliphatic carbocycles. The van der Waals surface area contributed by atoms with Gasteiger partial charge in [0.25, 0.3) is 0 Å². The van der Waals surface area contributed by atoms with Crippen LogP contribution < -0.4 is 19.1 Å². The molecule has 0 unspecified atom stereocenters. The molecule has 8 heteroatoms. The number of rotatable bonds is 6. The third kappa shape index (κ3) is 3.92. The van der Waals surface area contributed by atoms with E-state index >= 15 is 0 Å². The van der Waals surface area contributed by atoms with E-state index in [4.69, 9.17) is 14.2 Å². The molecule has 8 nitrogen and oxygen atoms in total. The van der Waals surface area contributed by atoms with Crippen molar-refractivity contribution in [2.75, 3.05) is 52.4 Å². The Labute approximate surface area is 170 Å². The number of nitrogens with zero attached hydrogens (tertiary/aromatic N) is 4. The second kappa shape index (κ2) is 8.14. The van der Waals surface area contributed by atoms with Gasteiger partial charge in [0, 0.05) is 37.7 Å². The van der Waals surface area contributed by atoms with Gasteiger partial charge in [-0.1, -0.05) is 0 Å². The fourth-order valence-electron chi connectivity index (χ4n) is 3.62. The highest BCUT2D eigenvalue weighted by Crippen LogP contribution is 2.40. The first-order valence-corrected chi connectivity index (χ1v) is 9.82. The van der Waals surface area contributed by atoms with E-state index in [1.165, 1.54) is 0 Å². The Morgan fingerprint density at radius 3 is 2.07 bits per heavy atom. The quantitative estimate of drug-likeness (QED) is 0.738. The number of hydrogen-bond donors (Lipinski definition) is 0. The van der Waals surface area contributed by atoms with Crippen LogP contribution in [0, 0.1) is 5.92 Å². The first-order chi connectivity index (χ1) is 14.1. The van der Waals surface area contributed by atoms with Crippen LogP contribution in [0.25, 0.3) is 11.3 Å². The number of aromatic nitrogens is 2. The van der Waals surface area contributed by atoms with Crippen LogP contribution in [-0.4, -0.2) is 68.5 Å². The number of anilines is 1. The molecule has 1 aromatic heterocycles. The molecular weight excluding hydrogens is 372 g/mol. The zero-order valence-corrected chi connectivity index (χ0v) is 17.1. The normalized spacial score (nSPS) is 16.5. The zero-order valence-electron chi connectivity index (χ0n) is 17.1. The van der Waals surface area contributed by atoms with Gasteiger partial charge in [0.1, 0.15) is 0 Å². The van der Waals surface area contributed by atoms with Gasteiger partial charge in [0.05, 0.1) is 27.0 Å². The van der Waals surface area contributed by atoms with Gasteiger partial charge in [0.2, 0.25) is 11.7 Å². The predicted octanol–water partition coefficient (Wildman–Crippen LogP) is 2.23. The molecule has 2 aliphatic rings. The molecule has 29 heavy (non-hydrogen) atoms. The lowest BCUT2D eigenvalue weighted by atomic mass is 10.1. The molecule has 1 amide bonds. The van der Waals surface area contributed by atoms with E-state index in [0.717, 1.165) is 56.1 Å². The Hall–Kier alpha value is -3.03. The Bertz CT molecular complexity index is 850. The van der Waals surface area contributed by atoms with E-state index in [1.54, 1.807) is 21.3 Å². The largest absolute Gasteiger partial charge is 0.493 e. The monoisotopic (exact) mass is 398 g/mol. The predicted molar refractivity (Wildman–Crippen MR) is 109 cm³/mol. The Morgan fingerprint density at radius 2 is 1.59 bits per heavy atom. The van der Waals surface area contributed by atoms with Gasteiger partial charge in [-0.15, -0.1) is 10.2 Å². The van der Waals surface area contributed by atoms with E-state index in [2.05, 4.69) is 15.1 Å². The topological polar surface area (TPSA) is 77.0 Å². The third-order valence-electron chi connectivity index (χ3n) is 5.45. The summed E-state index contributed by atoms with van der Waals surface area (Å²) < 4.78 is 16.2. The van der Waals surface area contributed by atoms with Crippen molar-refractivity contribution in [2.24, 2.45) is 5.92 Å². The van der Waals surface area contributed by atoms with Crippen molar-refractivity contribution < 1.29 is 19.0 Å². The molecule has 2 fully saturated rings. The molecule has 0 spiro atoms. The summed E-state index contributed by atoms with van der Waals surface area (Å²) in [6, 6.07) is 7.61. The summed E-state index contributed by atoms with van der Waals surface area (Å²) >= 11 is 0. The van der Waals surface area contributed by atoms with E-state index in [-0.39, 0.29) is 5.92 Å². The summed E-state index contributed by atoms with van der Waals surface area (Å²) in [5, 5.41) is 8.81. The van der Waals surface area contributed by atoms with Crippen LogP contribution in [-0.2, 0) is 4.79 Å². The van der Waals surface area contributed by atoms with Gasteiger partial charge in [-0.05, 0) is 37.1 Å². The average molecular weight is 398 g/mol. The van der Waals surface area contributed by atoms with Crippen molar-refractivity contribution in [3.05, 3.63) is 24.3 Å². The highest BCUT2D eigenvalue weighted by atomic mass is 16.5. The number of hydrogen-bond acceptors (Lipinski definition) is 7. The summed E-state index contributed by atoms with van der Waals surface area (Å²) in [5.41, 5.74) is 1.55. The van der Waals surface area contributed by atoms with Crippen LogP contribution in [0.2, 0.25) is 0 Å². The van der Waals surface area contributed by atoms with Gasteiger partial charge < -0.3 is 24.0 Å². The Kier molecular flexibility index (Phi) is 5.42. The van der Waals surface area contributed by atoms with Crippen LogP contribution in [0.15, 0.2) is 24.3 Å². The molecule has 1 saturated carbocycles. The second-order valence-electron chi connectivity index (χ2n) is 7.28. The number of ether oxygens (including phenoxy) is 3. The minimum absolute atomic E-state index is 0.277. The molecule has 0 bridgehead atoms. The summed E-state index contributed by atoms with van der Waals surface area (Å²) in [6.45, 7) is 3.03. The van der Waals surface area contributed by atoms with Crippen LogP contribution in [0.3, 0.4) is 0 Å². The van der Waals surface area contributed by atoms with Crippen LogP contribution in [0.1, 0.15) is 12.8 Å². The number of methoxy groups -OCH3 is 3. The first-order valence-electron chi connectivity index (χ1n) is 9.82. The van der Waals surface area contributed by atoms with E-state index in [9.17, 15) is 4.79 Å². The highest BCUT2D eigenvalue weighted by molar-refractivity contribution is 5.81. The first kappa shape index (κ1) is 19.3. The van der Waals surface area contributed by atoms with Crippen molar-refractivity contribution in [1.29, 1.82) is 0 Å². The van der Waals surface area contributed by atoms with Crippen molar-refractivity contribution in [3.63, 3.8) is 0 Å². The lowest BCUT2D eigenvalue weighted by Gasteiger charge is -2.35. The molecule has 1 saturated heterocycles. The van der Waals surface area contributed by atoms with Crippen molar-refractivity contribution >= 4 is 11.7 Å².